The molecule has 1 saturated carbocycles. The lowest BCUT2D eigenvalue weighted by Crippen LogP contribution is -2.44. The Bertz CT molecular complexity index is 501. The summed E-state index contributed by atoms with van der Waals surface area (Å²) in [6.07, 6.45) is 6.20. The van der Waals surface area contributed by atoms with Crippen LogP contribution < -0.4 is 11.1 Å². The molecule has 0 aromatic carbocycles. The van der Waals surface area contributed by atoms with Crippen LogP contribution in [-0.4, -0.2) is 28.3 Å². The first kappa shape index (κ1) is 16.0. The van der Waals surface area contributed by atoms with Gasteiger partial charge in [0.15, 0.2) is 0 Å². The molecule has 2 unspecified atom stereocenters. The molecular weight excluding hydrogens is 264 g/mol. The number of rotatable bonds is 3. The highest BCUT2D eigenvalue weighted by molar-refractivity contribution is 5.95. The smallest absolute Gasteiger partial charge is 0.254 e. The van der Waals surface area contributed by atoms with Gasteiger partial charge in [0.05, 0.1) is 17.3 Å². The number of nitrogens with one attached hydrogen (secondary N) is 1. The van der Waals surface area contributed by atoms with Crippen molar-refractivity contribution in [1.29, 1.82) is 0 Å². The normalized spacial score (nSPS) is 23.1. The van der Waals surface area contributed by atoms with Gasteiger partial charge in [0.2, 0.25) is 0 Å². The van der Waals surface area contributed by atoms with Crippen LogP contribution in [0.5, 0.6) is 0 Å². The largest absolute Gasteiger partial charge is 0.349 e. The van der Waals surface area contributed by atoms with Gasteiger partial charge in [0.1, 0.15) is 0 Å². The van der Waals surface area contributed by atoms with Crippen LogP contribution >= 0.6 is 0 Å². The fourth-order valence-electron chi connectivity index (χ4n) is 3.23. The quantitative estimate of drug-likeness (QED) is 0.897. The van der Waals surface area contributed by atoms with Gasteiger partial charge in [0.25, 0.3) is 5.91 Å². The number of aromatic nitrogens is 2. The maximum Gasteiger partial charge on any atom is 0.254 e. The lowest BCUT2D eigenvalue weighted by molar-refractivity contribution is 0.0907. The second kappa shape index (κ2) is 6.18. The van der Waals surface area contributed by atoms with Gasteiger partial charge in [-0.25, -0.2) is 0 Å². The third kappa shape index (κ3) is 3.46. The van der Waals surface area contributed by atoms with Crippen LogP contribution in [0.2, 0.25) is 0 Å². The molecule has 1 fully saturated rings. The summed E-state index contributed by atoms with van der Waals surface area (Å²) < 4.78 is 1.91. The molecule has 3 N–H and O–H groups in total. The number of amides is 1. The maximum absolute atomic E-state index is 12.5. The first-order valence-corrected chi connectivity index (χ1v) is 7.90. The van der Waals surface area contributed by atoms with E-state index in [0.29, 0.717) is 18.0 Å². The monoisotopic (exact) mass is 292 g/mol. The molecule has 5 nitrogen and oxygen atoms in total. The molecule has 118 valence electrons. The number of hydrogen-bond donors (Lipinski definition) is 2. The van der Waals surface area contributed by atoms with Gasteiger partial charge in [-0.3, -0.25) is 9.48 Å². The van der Waals surface area contributed by atoms with Crippen molar-refractivity contribution in [2.24, 2.45) is 11.7 Å². The number of carbonyl (C=O) groups is 1. The van der Waals surface area contributed by atoms with Crippen LogP contribution in [0, 0.1) is 12.8 Å². The van der Waals surface area contributed by atoms with Gasteiger partial charge in [-0.2, -0.15) is 5.10 Å². The van der Waals surface area contributed by atoms with Crippen molar-refractivity contribution in [2.75, 3.05) is 6.54 Å². The van der Waals surface area contributed by atoms with Crippen molar-refractivity contribution >= 4 is 5.91 Å². The van der Waals surface area contributed by atoms with Crippen molar-refractivity contribution in [3.05, 3.63) is 17.5 Å². The third-order valence-electron chi connectivity index (χ3n) is 4.42. The fraction of sp³-hybridized carbons (Fsp3) is 0.750. The van der Waals surface area contributed by atoms with E-state index in [9.17, 15) is 4.79 Å². The number of nitrogens with zero attached hydrogens (tertiary/aromatic N) is 2. The summed E-state index contributed by atoms with van der Waals surface area (Å²) in [5, 5.41) is 7.54. The zero-order chi connectivity index (χ0) is 15.6. The lowest BCUT2D eigenvalue weighted by Gasteiger charge is -2.31. The molecule has 1 aliphatic rings. The summed E-state index contributed by atoms with van der Waals surface area (Å²) in [6, 6.07) is 0.202. The Morgan fingerprint density at radius 3 is 2.67 bits per heavy atom. The highest BCUT2D eigenvalue weighted by atomic mass is 16.1. The van der Waals surface area contributed by atoms with Crippen molar-refractivity contribution < 1.29 is 4.79 Å². The first-order valence-electron chi connectivity index (χ1n) is 7.90. The standard InChI is InChI=1S/C16H28N4O/c1-11-13(10-18-20(11)16(2,3)4)15(21)19-14-8-6-5-7-12(14)9-17/h10,12,14H,5-9,17H2,1-4H3,(H,19,21). The summed E-state index contributed by atoms with van der Waals surface area (Å²) >= 11 is 0. The van der Waals surface area contributed by atoms with Gasteiger partial charge >= 0.3 is 0 Å². The topological polar surface area (TPSA) is 72.9 Å². The van der Waals surface area contributed by atoms with Gasteiger partial charge in [0, 0.05) is 11.7 Å². The van der Waals surface area contributed by atoms with E-state index in [0.717, 1.165) is 18.5 Å². The summed E-state index contributed by atoms with van der Waals surface area (Å²) in [5.74, 6) is 0.383. The van der Waals surface area contributed by atoms with Crippen LogP contribution in [0.3, 0.4) is 0 Å². The first-order chi connectivity index (χ1) is 9.84. The van der Waals surface area contributed by atoms with E-state index in [1.807, 2.05) is 11.6 Å². The number of nitrogens with two attached hydrogens (primary N) is 1. The van der Waals surface area contributed by atoms with Crippen LogP contribution in [-0.2, 0) is 5.54 Å². The fourth-order valence-corrected chi connectivity index (χ4v) is 3.23. The molecule has 0 aliphatic heterocycles. The molecular formula is C16H28N4O. The van der Waals surface area contributed by atoms with Crippen LogP contribution in [0.15, 0.2) is 6.20 Å². The van der Waals surface area contributed by atoms with Gasteiger partial charge in [-0.1, -0.05) is 12.8 Å². The Hall–Kier alpha value is -1.36. The Kier molecular flexibility index (Phi) is 4.71. The lowest BCUT2D eigenvalue weighted by atomic mass is 9.84. The Balaban J connectivity index is 2.12. The van der Waals surface area contributed by atoms with Crippen molar-refractivity contribution in [2.45, 2.75) is 65.0 Å². The van der Waals surface area contributed by atoms with Crippen LogP contribution in [0.1, 0.15) is 62.5 Å². The van der Waals surface area contributed by atoms with E-state index in [4.69, 9.17) is 5.73 Å². The molecule has 2 atom stereocenters. The van der Waals surface area contributed by atoms with Gasteiger partial charge < -0.3 is 11.1 Å². The second-order valence-electron chi connectivity index (χ2n) is 7.09. The molecule has 1 heterocycles. The second-order valence-corrected chi connectivity index (χ2v) is 7.09. The minimum absolute atomic E-state index is 0.0200. The minimum atomic E-state index is -0.118. The van der Waals surface area contributed by atoms with Gasteiger partial charge in [-0.05, 0) is 53.0 Å². The van der Waals surface area contributed by atoms with E-state index in [1.54, 1.807) is 6.20 Å². The molecule has 21 heavy (non-hydrogen) atoms. The predicted molar refractivity (Wildman–Crippen MR) is 84.2 cm³/mol. The highest BCUT2D eigenvalue weighted by Crippen LogP contribution is 2.24. The number of hydrogen-bond acceptors (Lipinski definition) is 3. The molecule has 0 radical (unpaired) electrons. The average molecular weight is 292 g/mol. The molecule has 0 spiro atoms. The van der Waals surface area contributed by atoms with Gasteiger partial charge in [-0.15, -0.1) is 0 Å². The Labute approximate surface area is 127 Å². The minimum Gasteiger partial charge on any atom is -0.349 e. The molecule has 1 aliphatic carbocycles. The zero-order valence-corrected chi connectivity index (χ0v) is 13.6. The summed E-state index contributed by atoms with van der Waals surface area (Å²) in [5.41, 5.74) is 7.30. The molecule has 1 aromatic rings. The molecule has 0 saturated heterocycles. The van der Waals surface area contributed by atoms with E-state index in [1.165, 1.54) is 12.8 Å². The highest BCUT2D eigenvalue weighted by Gasteiger charge is 2.27. The van der Waals surface area contributed by atoms with Crippen molar-refractivity contribution in [3.8, 4) is 0 Å². The third-order valence-corrected chi connectivity index (χ3v) is 4.42. The van der Waals surface area contributed by atoms with E-state index in [-0.39, 0.29) is 17.5 Å². The summed E-state index contributed by atoms with van der Waals surface area (Å²) in [4.78, 5) is 12.5. The number of carbonyl (C=O) groups excluding carboxylic acids is 1. The zero-order valence-electron chi connectivity index (χ0n) is 13.6. The summed E-state index contributed by atoms with van der Waals surface area (Å²) in [7, 11) is 0. The Morgan fingerprint density at radius 1 is 1.43 bits per heavy atom. The SMILES string of the molecule is Cc1c(C(=O)NC2CCCCC2CN)cnn1C(C)(C)C. The predicted octanol–water partition coefficient (Wildman–Crippen LogP) is 2.19. The van der Waals surface area contributed by atoms with E-state index >= 15 is 0 Å². The van der Waals surface area contributed by atoms with E-state index in [2.05, 4.69) is 31.2 Å². The maximum atomic E-state index is 12.5. The molecule has 1 amide bonds. The molecule has 0 bridgehead atoms. The van der Waals surface area contributed by atoms with Crippen molar-refractivity contribution in [3.63, 3.8) is 0 Å². The van der Waals surface area contributed by atoms with Crippen LogP contribution in [0.4, 0.5) is 0 Å². The molecule has 5 heteroatoms. The summed E-state index contributed by atoms with van der Waals surface area (Å²) in [6.45, 7) is 8.85. The van der Waals surface area contributed by atoms with E-state index < -0.39 is 0 Å². The van der Waals surface area contributed by atoms with Crippen LogP contribution in [0.25, 0.3) is 0 Å². The van der Waals surface area contributed by atoms with Crippen molar-refractivity contribution in [1.82, 2.24) is 15.1 Å². The molecule has 1 aromatic heterocycles. The average Bonchev–Trinajstić information content (AvgIpc) is 2.81. The molecule has 2 rings (SSSR count). The Morgan fingerprint density at radius 2 is 2.10 bits per heavy atom.